The maximum absolute atomic E-state index is 13.4. The standard InChI is InChI=1S/2C26H22ClN3O6S.Ca/c2*1-3-36-18-9-6-8-17(14-18)28-26(32)20-13-16-7-4-5-10-19(16)23(24(20)31)30-29-22-15(2)11-12-21(27)25(22)37(33,34)35;/h2*4-14,31H,3H2,1-2H3,(H,28,32)(H,33,34,35);/q;;+2/p-2. The summed E-state index contributed by atoms with van der Waals surface area (Å²) in [5.41, 5.74) is 0.472. The predicted molar refractivity (Wildman–Crippen MR) is 284 cm³/mol. The molecule has 23 heteroatoms. The van der Waals surface area contributed by atoms with Gasteiger partial charge in [0.2, 0.25) is 0 Å². The average Bonchev–Trinajstić information content (AvgIpc) is 3.34. The summed E-state index contributed by atoms with van der Waals surface area (Å²) in [5.74, 6) is -1.51. The van der Waals surface area contributed by atoms with E-state index in [9.17, 15) is 46.1 Å². The van der Waals surface area contributed by atoms with E-state index in [-0.39, 0.29) is 81.7 Å². The van der Waals surface area contributed by atoms with Gasteiger partial charge in [-0.15, -0.1) is 15.3 Å². The molecule has 75 heavy (non-hydrogen) atoms. The number of hydrogen-bond acceptors (Lipinski definition) is 15. The molecule has 0 aromatic heterocycles. The molecule has 8 rings (SSSR count). The van der Waals surface area contributed by atoms with Gasteiger partial charge in [-0.3, -0.25) is 18.9 Å². The first-order valence-electron chi connectivity index (χ1n) is 22.1. The van der Waals surface area contributed by atoms with Crippen LogP contribution in [0.2, 0.25) is 10.0 Å². The van der Waals surface area contributed by atoms with Crippen LogP contribution in [0.15, 0.2) is 169 Å². The summed E-state index contributed by atoms with van der Waals surface area (Å²) in [6.07, 6.45) is 0. The second-order valence-electron chi connectivity index (χ2n) is 15.9. The van der Waals surface area contributed by atoms with Crippen LogP contribution < -0.4 is 25.0 Å². The van der Waals surface area contributed by atoms with Gasteiger partial charge in [-0.25, -0.2) is 0 Å². The second-order valence-corrected chi connectivity index (χ2v) is 19.4. The number of halogens is 2. The molecule has 0 heterocycles. The molecule has 0 aliphatic carbocycles. The van der Waals surface area contributed by atoms with E-state index in [4.69, 9.17) is 32.7 Å². The van der Waals surface area contributed by atoms with Crippen LogP contribution in [0.5, 0.6) is 23.0 Å². The average molecular weight is 1120 g/mol. The zero-order chi connectivity index (χ0) is 53.5. The minimum Gasteiger partial charge on any atom is -0.871 e. The summed E-state index contributed by atoms with van der Waals surface area (Å²) in [6, 6.07) is 35.5. The number of benzene rings is 8. The molecule has 0 atom stereocenters. The van der Waals surface area contributed by atoms with Crippen molar-refractivity contribution in [1.29, 1.82) is 0 Å². The zero-order valence-electron chi connectivity index (χ0n) is 40.1. The zero-order valence-corrected chi connectivity index (χ0v) is 45.5. The van der Waals surface area contributed by atoms with Crippen molar-refractivity contribution in [1.82, 2.24) is 0 Å². The van der Waals surface area contributed by atoms with E-state index >= 15 is 0 Å². The van der Waals surface area contributed by atoms with Crippen LogP contribution in [0.1, 0.15) is 40.9 Å². The fraction of sp³-hybridized carbons (Fsp3) is 0.115. The SMILES string of the molecule is CCOc1cccc(N=C([O-])c2cc3ccccc3c(N=Nc3c(C)ccc(Cl)c3S(=O)(=O)O)c2[O-])c1.CCOc1cccc(NC(=O)c2cc3ccccc3c(N=Nc3c(C)ccc(Cl)c3S(=O)(=O)O)c2O)c1.[Ca+2]. The molecule has 380 valence electrons. The van der Waals surface area contributed by atoms with Gasteiger partial charge in [-0.2, -0.15) is 21.9 Å². The van der Waals surface area contributed by atoms with E-state index in [0.29, 0.717) is 68.8 Å². The number of carbonyl (C=O) groups is 1. The molecule has 0 saturated heterocycles. The Morgan fingerprint density at radius 2 is 1.08 bits per heavy atom. The van der Waals surface area contributed by atoms with E-state index in [2.05, 4.69) is 30.8 Å². The third-order valence-electron chi connectivity index (χ3n) is 10.8. The Balaban J connectivity index is 0.000000241. The number of nitrogens with one attached hydrogen (secondary N) is 1. The normalized spacial score (nSPS) is 11.9. The molecular weight excluding hydrogens is 1080 g/mol. The molecule has 0 spiro atoms. The summed E-state index contributed by atoms with van der Waals surface area (Å²) in [7, 11) is -9.48. The van der Waals surface area contributed by atoms with E-state index in [1.807, 2.05) is 13.8 Å². The van der Waals surface area contributed by atoms with Gasteiger partial charge in [0.15, 0.2) is 5.75 Å². The Bertz CT molecular complexity index is 3830. The minimum atomic E-state index is -4.75. The molecule has 8 aromatic rings. The Morgan fingerprint density at radius 1 is 0.613 bits per heavy atom. The number of aliphatic imine (C=N–C) groups is 1. The molecule has 0 fully saturated rings. The Morgan fingerprint density at radius 3 is 1.61 bits per heavy atom. The number of fused-ring (bicyclic) bond motifs is 2. The Hall–Kier alpha value is -6.72. The van der Waals surface area contributed by atoms with E-state index in [1.165, 1.54) is 36.4 Å². The Kier molecular flexibility index (Phi) is 19.0. The predicted octanol–water partition coefficient (Wildman–Crippen LogP) is 11.8. The molecule has 4 N–H and O–H groups in total. The molecule has 0 aliphatic heterocycles. The molecule has 0 radical (unpaired) electrons. The molecular formula is C52H42CaCl2N6O12S2. The largest absolute Gasteiger partial charge is 2.00 e. The fourth-order valence-electron chi connectivity index (χ4n) is 7.40. The summed E-state index contributed by atoms with van der Waals surface area (Å²) < 4.78 is 78.0. The number of ether oxygens (including phenoxy) is 2. The topological polar surface area (TPSA) is 284 Å². The van der Waals surface area contributed by atoms with E-state index in [0.717, 1.165) is 0 Å². The molecule has 8 aromatic carbocycles. The first-order valence-corrected chi connectivity index (χ1v) is 25.7. The first-order chi connectivity index (χ1) is 35.2. The summed E-state index contributed by atoms with van der Waals surface area (Å²) >= 11 is 12.0. The fourth-order valence-corrected chi connectivity index (χ4v) is 9.82. The van der Waals surface area contributed by atoms with Crippen molar-refractivity contribution in [2.75, 3.05) is 18.5 Å². The molecule has 0 saturated carbocycles. The van der Waals surface area contributed by atoms with Gasteiger partial charge in [-0.1, -0.05) is 102 Å². The summed E-state index contributed by atoms with van der Waals surface area (Å²) in [5, 5.41) is 57.8. The number of anilines is 1. The number of hydrogen-bond donors (Lipinski definition) is 4. The number of rotatable bonds is 14. The van der Waals surface area contributed by atoms with E-state index < -0.39 is 53.3 Å². The van der Waals surface area contributed by atoms with Crippen LogP contribution in [0.4, 0.5) is 34.1 Å². The molecule has 18 nitrogen and oxygen atoms in total. The molecule has 0 unspecified atom stereocenters. The Labute approximate surface area is 470 Å². The van der Waals surface area contributed by atoms with Gasteiger partial charge in [0.05, 0.1) is 40.2 Å². The van der Waals surface area contributed by atoms with Crippen LogP contribution in [0, 0.1) is 13.8 Å². The maximum Gasteiger partial charge on any atom is 2.00 e. The van der Waals surface area contributed by atoms with Gasteiger partial charge in [0.1, 0.15) is 38.4 Å². The quantitative estimate of drug-likeness (QED) is 0.0260. The van der Waals surface area contributed by atoms with Crippen molar-refractivity contribution in [3.63, 3.8) is 0 Å². The van der Waals surface area contributed by atoms with Gasteiger partial charge >= 0.3 is 37.7 Å². The van der Waals surface area contributed by atoms with Crippen LogP contribution in [0.3, 0.4) is 0 Å². The van der Waals surface area contributed by atoms with Crippen molar-refractivity contribution >= 4 is 149 Å². The number of aryl methyl sites for hydroxylation is 2. The first kappa shape index (κ1) is 57.6. The van der Waals surface area contributed by atoms with Gasteiger partial charge < -0.3 is 30.1 Å². The van der Waals surface area contributed by atoms with Crippen LogP contribution in [-0.2, 0) is 20.2 Å². The number of phenols is 1. The van der Waals surface area contributed by atoms with E-state index in [1.54, 1.807) is 111 Å². The smallest absolute Gasteiger partial charge is 0.871 e. The third-order valence-corrected chi connectivity index (χ3v) is 13.5. The molecule has 0 bridgehead atoms. The van der Waals surface area contributed by atoms with Crippen molar-refractivity contribution in [2.24, 2.45) is 25.4 Å². The van der Waals surface area contributed by atoms with Crippen molar-refractivity contribution in [2.45, 2.75) is 37.5 Å². The van der Waals surface area contributed by atoms with Crippen molar-refractivity contribution < 1.29 is 55.5 Å². The van der Waals surface area contributed by atoms with Crippen LogP contribution in [-0.4, -0.2) is 93.8 Å². The van der Waals surface area contributed by atoms with Gasteiger partial charge in [0.25, 0.3) is 26.1 Å². The second kappa shape index (κ2) is 24.7. The van der Waals surface area contributed by atoms with Gasteiger partial charge in [0, 0.05) is 28.6 Å². The van der Waals surface area contributed by atoms with Crippen molar-refractivity contribution in [3.05, 3.63) is 166 Å². The monoisotopic (exact) mass is 1120 g/mol. The van der Waals surface area contributed by atoms with Crippen molar-refractivity contribution in [3.8, 4) is 23.0 Å². The van der Waals surface area contributed by atoms with Crippen LogP contribution >= 0.6 is 23.2 Å². The number of amides is 1. The number of nitrogens with zero attached hydrogens (tertiary/aromatic N) is 5. The number of phenolic OH excluding ortho intramolecular Hbond substituents is 1. The van der Waals surface area contributed by atoms with Gasteiger partial charge in [-0.05, 0) is 110 Å². The third kappa shape index (κ3) is 13.6. The molecule has 1 amide bonds. The molecule has 0 aliphatic rings. The number of carbonyl (C=O) groups excluding carboxylic acids is 1. The van der Waals surface area contributed by atoms with Crippen LogP contribution in [0.25, 0.3) is 21.5 Å². The minimum absolute atomic E-state index is 0. The number of aromatic hydroxyl groups is 1. The maximum atomic E-state index is 13.4. The summed E-state index contributed by atoms with van der Waals surface area (Å²) in [6.45, 7) is 7.68. The number of azo groups is 2. The summed E-state index contributed by atoms with van der Waals surface area (Å²) in [4.78, 5) is 16.0.